The number of anilines is 1. The zero-order valence-electron chi connectivity index (χ0n) is 11.0. The average Bonchev–Trinajstić information content (AvgIpc) is 2.71. The summed E-state index contributed by atoms with van der Waals surface area (Å²) in [6, 6.07) is 4.90. The van der Waals surface area contributed by atoms with Gasteiger partial charge in [0.1, 0.15) is 0 Å². The molecule has 1 aromatic carbocycles. The fourth-order valence-electron chi connectivity index (χ4n) is 1.61. The van der Waals surface area contributed by atoms with Gasteiger partial charge in [-0.25, -0.2) is 0 Å². The van der Waals surface area contributed by atoms with E-state index in [-0.39, 0.29) is 5.91 Å². The van der Waals surface area contributed by atoms with Crippen molar-refractivity contribution in [2.75, 3.05) is 5.32 Å². The molecule has 4 nitrogen and oxygen atoms in total. The third kappa shape index (κ3) is 3.40. The number of rotatable bonds is 3. The number of hydrogen-bond acceptors (Lipinski definition) is 2. The number of benzene rings is 1. The number of aromatic nitrogens is 2. The minimum absolute atomic E-state index is 0.266. The predicted octanol–water partition coefficient (Wildman–Crippen LogP) is 3.69. The maximum Gasteiger partial charge on any atom is 0.248 e. The first-order chi connectivity index (χ1) is 9.47. The van der Waals surface area contributed by atoms with Crippen molar-refractivity contribution in [1.29, 1.82) is 0 Å². The van der Waals surface area contributed by atoms with Gasteiger partial charge in [-0.2, -0.15) is 5.10 Å². The Morgan fingerprint density at radius 1 is 1.40 bits per heavy atom. The molecule has 0 bridgehead atoms. The molecule has 1 N–H and O–H groups in total. The zero-order chi connectivity index (χ0) is 14.7. The van der Waals surface area contributed by atoms with Gasteiger partial charge < -0.3 is 5.32 Å². The summed E-state index contributed by atoms with van der Waals surface area (Å²) in [4.78, 5) is 11.8. The van der Waals surface area contributed by atoms with Crippen molar-refractivity contribution < 1.29 is 4.79 Å². The largest absolute Gasteiger partial charge is 0.321 e. The van der Waals surface area contributed by atoms with E-state index < -0.39 is 0 Å². The highest BCUT2D eigenvalue weighted by Gasteiger charge is 2.05. The molecule has 104 valence electrons. The van der Waals surface area contributed by atoms with E-state index in [1.165, 1.54) is 6.08 Å². The predicted molar refractivity (Wildman–Crippen MR) is 82.1 cm³/mol. The van der Waals surface area contributed by atoms with E-state index in [2.05, 4.69) is 10.4 Å². The number of amides is 1. The molecule has 6 heteroatoms. The summed E-state index contributed by atoms with van der Waals surface area (Å²) < 4.78 is 1.74. The van der Waals surface area contributed by atoms with Crippen molar-refractivity contribution in [3.8, 4) is 0 Å². The van der Waals surface area contributed by atoms with Crippen LogP contribution in [0, 0.1) is 6.92 Å². The number of carbonyl (C=O) groups excluding carboxylic acids is 1. The lowest BCUT2D eigenvalue weighted by atomic mass is 10.2. The third-order valence-electron chi connectivity index (χ3n) is 2.88. The molecule has 1 heterocycles. The van der Waals surface area contributed by atoms with Gasteiger partial charge in [-0.1, -0.05) is 23.2 Å². The van der Waals surface area contributed by atoms with Gasteiger partial charge in [-0.05, 0) is 31.2 Å². The Labute approximate surface area is 127 Å². The second-order valence-electron chi connectivity index (χ2n) is 4.26. The van der Waals surface area contributed by atoms with Crippen LogP contribution in [-0.4, -0.2) is 15.7 Å². The fourth-order valence-corrected chi connectivity index (χ4v) is 2.07. The Morgan fingerprint density at radius 2 is 2.15 bits per heavy atom. The van der Waals surface area contributed by atoms with Gasteiger partial charge in [0, 0.05) is 29.4 Å². The Kier molecular flexibility index (Phi) is 4.47. The molecule has 0 saturated heterocycles. The summed E-state index contributed by atoms with van der Waals surface area (Å²) in [6.07, 6.45) is 4.85. The third-order valence-corrected chi connectivity index (χ3v) is 3.42. The molecule has 2 aromatic rings. The summed E-state index contributed by atoms with van der Waals surface area (Å²) in [7, 11) is 1.85. The lowest BCUT2D eigenvalue weighted by molar-refractivity contribution is -0.111. The second kappa shape index (κ2) is 6.11. The molecule has 1 aromatic heterocycles. The molecule has 0 aliphatic carbocycles. The number of halogens is 2. The lowest BCUT2D eigenvalue weighted by Crippen LogP contribution is -2.08. The van der Waals surface area contributed by atoms with Gasteiger partial charge >= 0.3 is 0 Å². The zero-order valence-corrected chi connectivity index (χ0v) is 12.5. The monoisotopic (exact) mass is 309 g/mol. The van der Waals surface area contributed by atoms with Crippen molar-refractivity contribution in [2.24, 2.45) is 7.05 Å². The molecule has 0 aliphatic heterocycles. The summed E-state index contributed by atoms with van der Waals surface area (Å²) in [5.74, 6) is -0.266. The highest BCUT2D eigenvalue weighted by Crippen LogP contribution is 2.25. The molecule has 0 atom stereocenters. The quantitative estimate of drug-likeness (QED) is 0.879. The molecule has 1 amide bonds. The number of nitrogens with one attached hydrogen (secondary N) is 1. The molecule has 0 aliphatic rings. The van der Waals surface area contributed by atoms with Crippen LogP contribution in [0.3, 0.4) is 0 Å². The van der Waals surface area contributed by atoms with Crippen molar-refractivity contribution in [2.45, 2.75) is 6.92 Å². The minimum Gasteiger partial charge on any atom is -0.321 e. The maximum absolute atomic E-state index is 11.8. The SMILES string of the molecule is Cc1c(C=CC(=O)Nc2ccc(Cl)cc2Cl)cnn1C. The van der Waals surface area contributed by atoms with Gasteiger partial charge in [0.15, 0.2) is 0 Å². The molecule has 0 saturated carbocycles. The van der Waals surface area contributed by atoms with E-state index in [1.807, 2.05) is 14.0 Å². The van der Waals surface area contributed by atoms with Crippen LogP contribution in [-0.2, 0) is 11.8 Å². The number of carbonyl (C=O) groups is 1. The highest BCUT2D eigenvalue weighted by molar-refractivity contribution is 6.36. The molecular formula is C14H13Cl2N3O. The molecule has 0 radical (unpaired) electrons. The van der Waals surface area contributed by atoms with Crippen LogP contribution >= 0.6 is 23.2 Å². The second-order valence-corrected chi connectivity index (χ2v) is 5.10. The molecule has 0 unspecified atom stereocenters. The van der Waals surface area contributed by atoms with Crippen LogP contribution in [0.2, 0.25) is 10.0 Å². The van der Waals surface area contributed by atoms with E-state index in [4.69, 9.17) is 23.2 Å². The van der Waals surface area contributed by atoms with Crippen LogP contribution in [0.5, 0.6) is 0 Å². The molecule has 2 rings (SSSR count). The normalized spacial score (nSPS) is 11.0. The maximum atomic E-state index is 11.8. The van der Waals surface area contributed by atoms with E-state index in [1.54, 1.807) is 35.2 Å². The van der Waals surface area contributed by atoms with Crippen molar-refractivity contribution in [3.63, 3.8) is 0 Å². The average molecular weight is 310 g/mol. The van der Waals surface area contributed by atoms with Crippen LogP contribution in [0.25, 0.3) is 6.08 Å². The first-order valence-corrected chi connectivity index (χ1v) is 6.65. The van der Waals surface area contributed by atoms with Crippen molar-refractivity contribution >= 4 is 40.9 Å². The summed E-state index contributed by atoms with van der Waals surface area (Å²) in [5.41, 5.74) is 2.40. The van der Waals surface area contributed by atoms with Crippen LogP contribution in [0.15, 0.2) is 30.5 Å². The van der Waals surface area contributed by atoms with Crippen molar-refractivity contribution in [1.82, 2.24) is 9.78 Å². The Morgan fingerprint density at radius 3 is 2.75 bits per heavy atom. The van der Waals surface area contributed by atoms with Gasteiger partial charge in [-0.15, -0.1) is 0 Å². The summed E-state index contributed by atoms with van der Waals surface area (Å²) >= 11 is 11.8. The first kappa shape index (κ1) is 14.6. The molecule has 20 heavy (non-hydrogen) atoms. The summed E-state index contributed by atoms with van der Waals surface area (Å²) in [6.45, 7) is 1.93. The molecule has 0 fully saturated rings. The van der Waals surface area contributed by atoms with Gasteiger partial charge in [0.2, 0.25) is 5.91 Å². The number of hydrogen-bond donors (Lipinski definition) is 1. The lowest BCUT2D eigenvalue weighted by Gasteiger charge is -2.04. The smallest absolute Gasteiger partial charge is 0.248 e. The van der Waals surface area contributed by atoms with E-state index in [0.29, 0.717) is 15.7 Å². The van der Waals surface area contributed by atoms with Crippen molar-refractivity contribution in [3.05, 3.63) is 51.8 Å². The van der Waals surface area contributed by atoms with E-state index in [9.17, 15) is 4.79 Å². The van der Waals surface area contributed by atoms with E-state index in [0.717, 1.165) is 11.3 Å². The van der Waals surface area contributed by atoms with Gasteiger partial charge in [0.05, 0.1) is 16.9 Å². The Bertz CT molecular complexity index is 677. The Hall–Kier alpha value is -1.78. The molecule has 0 spiro atoms. The number of nitrogens with zero attached hydrogens (tertiary/aromatic N) is 2. The van der Waals surface area contributed by atoms with E-state index >= 15 is 0 Å². The topological polar surface area (TPSA) is 46.9 Å². The van der Waals surface area contributed by atoms with Gasteiger partial charge in [-0.3, -0.25) is 9.48 Å². The Balaban J connectivity index is 2.07. The van der Waals surface area contributed by atoms with Crippen LogP contribution in [0.1, 0.15) is 11.3 Å². The number of aryl methyl sites for hydroxylation is 1. The first-order valence-electron chi connectivity index (χ1n) is 5.90. The fraction of sp³-hybridized carbons (Fsp3) is 0.143. The standard InChI is InChI=1S/C14H13Cl2N3O/c1-9-10(8-17-19(9)2)3-6-14(20)18-13-5-4-11(15)7-12(13)16/h3-8H,1-2H3,(H,18,20). The van der Waals surface area contributed by atoms with Gasteiger partial charge in [0.25, 0.3) is 0 Å². The summed E-state index contributed by atoms with van der Waals surface area (Å²) in [5, 5.41) is 7.71. The van der Waals surface area contributed by atoms with Crippen LogP contribution in [0.4, 0.5) is 5.69 Å². The minimum atomic E-state index is -0.266. The highest BCUT2D eigenvalue weighted by atomic mass is 35.5. The molecular weight excluding hydrogens is 297 g/mol. The van der Waals surface area contributed by atoms with Crippen LogP contribution < -0.4 is 5.32 Å².